The van der Waals surface area contributed by atoms with Gasteiger partial charge in [-0.25, -0.2) is 0 Å². The lowest BCUT2D eigenvalue weighted by Gasteiger charge is -2.16. The van der Waals surface area contributed by atoms with Gasteiger partial charge in [-0.15, -0.1) is 0 Å². The summed E-state index contributed by atoms with van der Waals surface area (Å²) in [4.78, 5) is 17.0. The second-order valence-corrected chi connectivity index (χ2v) is 16.8. The third kappa shape index (κ3) is 6.54. The highest BCUT2D eigenvalue weighted by Gasteiger charge is 2.44. The first-order valence-electron chi connectivity index (χ1n) is 12.9. The molecule has 0 aliphatic heterocycles. The fourth-order valence-electron chi connectivity index (χ4n) is 4.58. The normalized spacial score (nSPS) is 17.1. The van der Waals surface area contributed by atoms with Crippen LogP contribution in [0.4, 0.5) is 20.4 Å². The molecular weight excluding hydrogens is 522 g/mol. The van der Waals surface area contributed by atoms with E-state index in [-0.39, 0.29) is 29.9 Å². The minimum atomic E-state index is -2.88. The summed E-state index contributed by atoms with van der Waals surface area (Å²) in [6, 6.07) is 15.4. The van der Waals surface area contributed by atoms with E-state index in [1.807, 2.05) is 18.2 Å². The van der Waals surface area contributed by atoms with E-state index in [0.29, 0.717) is 29.7 Å². The molecule has 2 heterocycles. The molecule has 0 amide bonds. The van der Waals surface area contributed by atoms with Crippen molar-refractivity contribution < 1.29 is 22.8 Å². The summed E-state index contributed by atoms with van der Waals surface area (Å²) in [6.07, 6.45) is 0.880. The summed E-state index contributed by atoms with van der Waals surface area (Å²) in [5.74, 6) is 1.30. The van der Waals surface area contributed by atoms with Gasteiger partial charge in [0.05, 0.1) is 5.52 Å². The van der Waals surface area contributed by atoms with Crippen LogP contribution in [-0.2, 0) is 11.5 Å². The molecule has 0 bridgehead atoms. The molecule has 1 aliphatic carbocycles. The van der Waals surface area contributed by atoms with Crippen molar-refractivity contribution in [3.8, 4) is 5.75 Å². The molecule has 4 aromatic rings. The Morgan fingerprint density at radius 3 is 2.69 bits per heavy atom. The van der Waals surface area contributed by atoms with Gasteiger partial charge in [0.25, 0.3) is 11.5 Å². The van der Waals surface area contributed by atoms with Crippen LogP contribution in [0.2, 0.25) is 25.7 Å². The molecule has 0 unspecified atom stereocenters. The number of aromatic nitrogens is 3. The van der Waals surface area contributed by atoms with Crippen LogP contribution in [0.15, 0.2) is 57.8 Å². The monoisotopic (exact) mass is 554 g/mol. The first-order chi connectivity index (χ1) is 18.6. The number of anilines is 2. The molecule has 2 atom stereocenters. The molecule has 0 radical (unpaired) electrons. The van der Waals surface area contributed by atoms with Crippen LogP contribution < -0.4 is 15.6 Å². The van der Waals surface area contributed by atoms with E-state index in [2.05, 4.69) is 45.9 Å². The van der Waals surface area contributed by atoms with Crippen molar-refractivity contribution in [2.24, 2.45) is 0 Å². The molecule has 0 saturated heterocycles. The molecule has 0 spiro atoms. The maximum Gasteiger partial charge on any atom is 0.387 e. The van der Waals surface area contributed by atoms with Crippen molar-refractivity contribution in [2.45, 2.75) is 64.2 Å². The van der Waals surface area contributed by atoms with E-state index in [4.69, 9.17) is 9.26 Å². The van der Waals surface area contributed by atoms with Crippen molar-refractivity contribution >= 4 is 30.6 Å². The quantitative estimate of drug-likeness (QED) is 0.165. The van der Waals surface area contributed by atoms with E-state index < -0.39 is 14.7 Å². The standard InChI is InChI=1S/C28H32F2N4O4Si/c1-17-13-20(7-9-24(17)37-27(29)30)31-28-32-26(38-33-28)22-15-21(22)18-5-8-23-19(14-18)6-10-25(35)34(23)16-36-11-12-39(2,3)4/h5-10,13-14,21-22,27H,11-12,15-16H2,1-4H3,(H,31,33)/t21-,22+/m0/s1. The molecule has 1 aliphatic rings. The Bertz CT molecular complexity index is 1530. The van der Waals surface area contributed by atoms with Gasteiger partial charge in [0.1, 0.15) is 12.5 Å². The van der Waals surface area contributed by atoms with Gasteiger partial charge in [-0.3, -0.25) is 9.36 Å². The van der Waals surface area contributed by atoms with Gasteiger partial charge in [0, 0.05) is 32.4 Å². The number of halogens is 2. The number of pyridine rings is 1. The van der Waals surface area contributed by atoms with Gasteiger partial charge in [0.15, 0.2) is 0 Å². The lowest BCUT2D eigenvalue weighted by atomic mass is 10.1. The van der Waals surface area contributed by atoms with Crippen LogP contribution in [0.25, 0.3) is 10.9 Å². The van der Waals surface area contributed by atoms with E-state index >= 15 is 0 Å². The van der Waals surface area contributed by atoms with E-state index in [1.54, 1.807) is 29.7 Å². The Kier molecular flexibility index (Phi) is 7.54. The number of nitrogens with zero attached hydrogens (tertiary/aromatic N) is 3. The third-order valence-corrected chi connectivity index (χ3v) is 8.56. The fraction of sp³-hybridized carbons (Fsp3) is 0.393. The zero-order valence-corrected chi connectivity index (χ0v) is 23.4. The summed E-state index contributed by atoms with van der Waals surface area (Å²) in [5, 5.41) is 8.05. The zero-order chi connectivity index (χ0) is 27.7. The largest absolute Gasteiger partial charge is 0.435 e. The first-order valence-corrected chi connectivity index (χ1v) is 16.7. The smallest absolute Gasteiger partial charge is 0.387 e. The number of hydrogen-bond donors (Lipinski definition) is 1. The van der Waals surface area contributed by atoms with Gasteiger partial charge in [0.2, 0.25) is 5.89 Å². The van der Waals surface area contributed by atoms with Crippen molar-refractivity contribution in [1.82, 2.24) is 14.7 Å². The summed E-state index contributed by atoms with van der Waals surface area (Å²) < 4.78 is 42.5. The molecular formula is C28H32F2N4O4Si. The zero-order valence-electron chi connectivity index (χ0n) is 22.4. The fourth-order valence-corrected chi connectivity index (χ4v) is 5.33. The number of hydrogen-bond acceptors (Lipinski definition) is 7. The van der Waals surface area contributed by atoms with Crippen LogP contribution in [0.1, 0.15) is 35.3 Å². The Hall–Kier alpha value is -3.57. The summed E-state index contributed by atoms with van der Waals surface area (Å²) in [6.45, 7) is 6.60. The maximum absolute atomic E-state index is 12.5. The average molecular weight is 555 g/mol. The molecule has 206 valence electrons. The molecule has 11 heteroatoms. The van der Waals surface area contributed by atoms with Crippen molar-refractivity contribution in [2.75, 3.05) is 11.9 Å². The van der Waals surface area contributed by atoms with Gasteiger partial charge in [-0.1, -0.05) is 25.7 Å². The minimum Gasteiger partial charge on any atom is -0.435 e. The van der Waals surface area contributed by atoms with Gasteiger partial charge >= 0.3 is 6.61 Å². The Morgan fingerprint density at radius 2 is 1.95 bits per heavy atom. The van der Waals surface area contributed by atoms with Crippen molar-refractivity contribution in [3.05, 3.63) is 75.9 Å². The van der Waals surface area contributed by atoms with E-state index in [0.717, 1.165) is 28.9 Å². The molecule has 39 heavy (non-hydrogen) atoms. The molecule has 2 aromatic heterocycles. The number of fused-ring (bicyclic) bond motifs is 1. The van der Waals surface area contributed by atoms with Gasteiger partial charge in [-0.05, 0) is 83.4 Å². The van der Waals surface area contributed by atoms with Crippen LogP contribution in [0, 0.1) is 6.92 Å². The Morgan fingerprint density at radius 1 is 1.13 bits per heavy atom. The molecule has 2 aromatic carbocycles. The number of benzene rings is 2. The minimum absolute atomic E-state index is 0.0789. The van der Waals surface area contributed by atoms with Crippen LogP contribution in [0.5, 0.6) is 5.75 Å². The molecule has 5 rings (SSSR count). The second-order valence-electron chi connectivity index (χ2n) is 11.2. The molecule has 1 N–H and O–H groups in total. The van der Waals surface area contributed by atoms with Crippen LogP contribution in [-0.4, -0.2) is 36.0 Å². The highest BCUT2D eigenvalue weighted by molar-refractivity contribution is 6.76. The van der Waals surface area contributed by atoms with Gasteiger partial charge < -0.3 is 19.3 Å². The summed E-state index contributed by atoms with van der Waals surface area (Å²) >= 11 is 0. The second kappa shape index (κ2) is 10.9. The van der Waals surface area contributed by atoms with Gasteiger partial charge in [-0.2, -0.15) is 13.8 Å². The number of nitrogens with one attached hydrogen (secondary N) is 1. The topological polar surface area (TPSA) is 91.4 Å². The SMILES string of the molecule is Cc1cc(Nc2noc([C@@H]3C[C@H]3c3ccc4c(ccc(=O)n4COCC[Si](C)(C)C)c3)n2)ccc1OC(F)F. The Balaban J connectivity index is 1.24. The summed E-state index contributed by atoms with van der Waals surface area (Å²) in [7, 11) is -1.20. The third-order valence-electron chi connectivity index (χ3n) is 6.86. The number of aryl methyl sites for hydroxylation is 1. The lowest BCUT2D eigenvalue weighted by Crippen LogP contribution is -2.24. The van der Waals surface area contributed by atoms with E-state index in [1.165, 1.54) is 6.07 Å². The maximum atomic E-state index is 12.5. The summed E-state index contributed by atoms with van der Waals surface area (Å²) in [5.41, 5.74) is 3.12. The lowest BCUT2D eigenvalue weighted by molar-refractivity contribution is -0.0502. The molecule has 1 fully saturated rings. The average Bonchev–Trinajstić information content (AvgIpc) is 3.54. The Labute approximate surface area is 226 Å². The highest BCUT2D eigenvalue weighted by Crippen LogP contribution is 2.54. The van der Waals surface area contributed by atoms with Crippen molar-refractivity contribution in [1.29, 1.82) is 0 Å². The molecule has 8 nitrogen and oxygen atoms in total. The van der Waals surface area contributed by atoms with E-state index in [9.17, 15) is 13.6 Å². The molecule has 1 saturated carbocycles. The number of alkyl halides is 2. The van der Waals surface area contributed by atoms with Crippen molar-refractivity contribution in [3.63, 3.8) is 0 Å². The predicted molar refractivity (Wildman–Crippen MR) is 148 cm³/mol. The first kappa shape index (κ1) is 27.0. The highest BCUT2D eigenvalue weighted by atomic mass is 28.3. The number of ether oxygens (including phenoxy) is 2. The van der Waals surface area contributed by atoms with Crippen LogP contribution >= 0.6 is 0 Å². The van der Waals surface area contributed by atoms with Crippen LogP contribution in [0.3, 0.4) is 0 Å². The number of rotatable bonds is 11. The predicted octanol–water partition coefficient (Wildman–Crippen LogP) is 6.62.